The lowest BCUT2D eigenvalue weighted by atomic mass is 9.91. The van der Waals surface area contributed by atoms with E-state index in [9.17, 15) is 4.79 Å². The summed E-state index contributed by atoms with van der Waals surface area (Å²) >= 11 is 0. The van der Waals surface area contributed by atoms with E-state index in [1.165, 1.54) is 0 Å². The third-order valence-corrected chi connectivity index (χ3v) is 5.97. The Kier molecular flexibility index (Phi) is 5.93. The van der Waals surface area contributed by atoms with Crippen LogP contribution in [0, 0.1) is 6.92 Å². The maximum Gasteiger partial charge on any atom is 0.253 e. The van der Waals surface area contributed by atoms with Gasteiger partial charge in [-0.2, -0.15) is 4.98 Å². The van der Waals surface area contributed by atoms with Gasteiger partial charge in [-0.1, -0.05) is 24.3 Å². The molecule has 4 N–H and O–H groups in total. The fourth-order valence-corrected chi connectivity index (χ4v) is 4.17. The number of hydrogen-bond acceptors (Lipinski definition) is 6. The molecule has 31 heavy (non-hydrogen) atoms. The molecule has 0 bridgehead atoms. The van der Waals surface area contributed by atoms with Gasteiger partial charge >= 0.3 is 0 Å². The number of nitrogens with zero attached hydrogens (tertiary/aromatic N) is 3. The molecule has 0 atom stereocenters. The third-order valence-electron chi connectivity index (χ3n) is 5.97. The highest BCUT2D eigenvalue weighted by Crippen LogP contribution is 2.26. The first kappa shape index (κ1) is 20.9. The van der Waals surface area contributed by atoms with E-state index in [-0.39, 0.29) is 18.0 Å². The zero-order valence-corrected chi connectivity index (χ0v) is 18.4. The molecular formula is C24H30N6O. The Hall–Kier alpha value is -3.35. The van der Waals surface area contributed by atoms with Crippen molar-refractivity contribution in [1.29, 1.82) is 0 Å². The molecule has 1 amide bonds. The predicted molar refractivity (Wildman–Crippen MR) is 127 cm³/mol. The second-order valence-electron chi connectivity index (χ2n) is 8.48. The molecule has 0 aliphatic heterocycles. The molecule has 7 nitrogen and oxygen atoms in total. The van der Waals surface area contributed by atoms with Crippen molar-refractivity contribution in [2.75, 3.05) is 30.0 Å². The molecule has 1 aliphatic rings. The number of rotatable bonds is 5. The van der Waals surface area contributed by atoms with Crippen molar-refractivity contribution in [2.45, 2.75) is 44.7 Å². The maximum atomic E-state index is 12.7. The minimum absolute atomic E-state index is 0.0916. The van der Waals surface area contributed by atoms with Crippen LogP contribution in [0.5, 0.6) is 0 Å². The van der Waals surface area contributed by atoms with Gasteiger partial charge in [0, 0.05) is 37.3 Å². The van der Waals surface area contributed by atoms with E-state index in [4.69, 9.17) is 15.7 Å². The summed E-state index contributed by atoms with van der Waals surface area (Å²) in [4.78, 5) is 24.1. The van der Waals surface area contributed by atoms with E-state index < -0.39 is 0 Å². The number of fused-ring (bicyclic) bond motifs is 1. The zero-order valence-electron chi connectivity index (χ0n) is 18.4. The Morgan fingerprint density at radius 1 is 1.00 bits per heavy atom. The summed E-state index contributed by atoms with van der Waals surface area (Å²) in [5, 5.41) is 7.70. The van der Waals surface area contributed by atoms with Crippen LogP contribution in [0.3, 0.4) is 0 Å². The summed E-state index contributed by atoms with van der Waals surface area (Å²) in [6, 6.07) is 14.1. The van der Waals surface area contributed by atoms with Crippen molar-refractivity contribution in [3.8, 4) is 0 Å². The van der Waals surface area contributed by atoms with Crippen LogP contribution in [0.1, 0.15) is 41.6 Å². The topological polar surface area (TPSA) is 96.2 Å². The first-order valence-electron chi connectivity index (χ1n) is 10.8. The van der Waals surface area contributed by atoms with Gasteiger partial charge in [0.15, 0.2) is 0 Å². The molecule has 2 aromatic carbocycles. The number of benzene rings is 2. The molecule has 7 heteroatoms. The highest BCUT2D eigenvalue weighted by atomic mass is 16.1. The lowest BCUT2D eigenvalue weighted by molar-refractivity contribution is 0.0927. The van der Waals surface area contributed by atoms with Crippen molar-refractivity contribution in [1.82, 2.24) is 15.3 Å². The highest BCUT2D eigenvalue weighted by Gasteiger charge is 2.24. The predicted octanol–water partition coefficient (Wildman–Crippen LogP) is 3.74. The number of aryl methyl sites for hydroxylation is 1. The van der Waals surface area contributed by atoms with Gasteiger partial charge in [-0.05, 0) is 56.4 Å². The van der Waals surface area contributed by atoms with E-state index in [1.807, 2.05) is 62.3 Å². The van der Waals surface area contributed by atoms with Gasteiger partial charge < -0.3 is 21.3 Å². The summed E-state index contributed by atoms with van der Waals surface area (Å²) in [7, 11) is 3.99. The largest absolute Gasteiger partial charge is 0.398 e. The first-order chi connectivity index (χ1) is 14.9. The smallest absolute Gasteiger partial charge is 0.253 e. The summed E-state index contributed by atoms with van der Waals surface area (Å²) in [6.45, 7) is 1.92. The molecule has 1 aliphatic carbocycles. The molecular weight excluding hydrogens is 388 g/mol. The van der Waals surface area contributed by atoms with Crippen LogP contribution >= 0.6 is 0 Å². The average Bonchev–Trinajstić information content (AvgIpc) is 2.76. The van der Waals surface area contributed by atoms with Crippen molar-refractivity contribution < 1.29 is 4.79 Å². The molecule has 4 rings (SSSR count). The number of nitrogens with one attached hydrogen (secondary N) is 2. The van der Waals surface area contributed by atoms with Crippen LogP contribution in [0.4, 0.5) is 17.5 Å². The van der Waals surface area contributed by atoms with Crippen LogP contribution < -0.4 is 21.3 Å². The summed E-state index contributed by atoms with van der Waals surface area (Å²) in [5.41, 5.74) is 9.05. The monoisotopic (exact) mass is 418 g/mol. The molecule has 0 spiro atoms. The number of carbonyl (C=O) groups excluding carboxylic acids is 1. The number of aromatic nitrogens is 2. The van der Waals surface area contributed by atoms with Gasteiger partial charge in [0.2, 0.25) is 5.95 Å². The zero-order chi connectivity index (χ0) is 22.0. The molecule has 3 aromatic rings. The van der Waals surface area contributed by atoms with Crippen LogP contribution in [0.15, 0.2) is 42.5 Å². The average molecular weight is 419 g/mol. The van der Waals surface area contributed by atoms with Crippen LogP contribution in [0.2, 0.25) is 0 Å². The van der Waals surface area contributed by atoms with Gasteiger partial charge in [0.1, 0.15) is 5.82 Å². The summed E-state index contributed by atoms with van der Waals surface area (Å²) < 4.78 is 0. The summed E-state index contributed by atoms with van der Waals surface area (Å²) in [5.74, 6) is 1.47. The normalized spacial score (nSPS) is 18.5. The molecule has 0 unspecified atom stereocenters. The Labute approximate surface area is 183 Å². The lowest BCUT2D eigenvalue weighted by Gasteiger charge is -2.30. The van der Waals surface area contributed by atoms with Gasteiger partial charge in [-0.15, -0.1) is 0 Å². The Morgan fingerprint density at radius 3 is 2.45 bits per heavy atom. The molecule has 1 saturated carbocycles. The highest BCUT2D eigenvalue weighted by molar-refractivity contribution is 5.99. The minimum Gasteiger partial charge on any atom is -0.398 e. The second kappa shape index (κ2) is 8.79. The number of para-hydroxylation sites is 2. The van der Waals surface area contributed by atoms with Crippen LogP contribution in [-0.2, 0) is 0 Å². The van der Waals surface area contributed by atoms with E-state index in [1.54, 1.807) is 6.07 Å². The van der Waals surface area contributed by atoms with Crippen molar-refractivity contribution in [3.63, 3.8) is 0 Å². The van der Waals surface area contributed by atoms with E-state index in [0.29, 0.717) is 17.2 Å². The van der Waals surface area contributed by atoms with Gasteiger partial charge in [-0.25, -0.2) is 4.98 Å². The third kappa shape index (κ3) is 4.55. The van der Waals surface area contributed by atoms with E-state index >= 15 is 0 Å². The molecule has 0 radical (unpaired) electrons. The minimum atomic E-state index is -0.0916. The second-order valence-corrected chi connectivity index (χ2v) is 8.48. The van der Waals surface area contributed by atoms with Gasteiger partial charge in [0.05, 0.1) is 11.1 Å². The van der Waals surface area contributed by atoms with Gasteiger partial charge in [0.25, 0.3) is 5.91 Å². The molecule has 1 aromatic heterocycles. The Bertz CT molecular complexity index is 1090. The fourth-order valence-electron chi connectivity index (χ4n) is 4.17. The number of nitrogens with two attached hydrogens (primary N) is 1. The van der Waals surface area contributed by atoms with Gasteiger partial charge in [-0.3, -0.25) is 4.79 Å². The van der Waals surface area contributed by atoms with Crippen LogP contribution in [0.25, 0.3) is 10.9 Å². The quantitative estimate of drug-likeness (QED) is 0.546. The number of nitrogen functional groups attached to an aromatic ring is 1. The van der Waals surface area contributed by atoms with Crippen molar-refractivity contribution >= 4 is 34.3 Å². The number of anilines is 3. The number of amides is 1. The fraction of sp³-hybridized carbons (Fsp3) is 0.375. The number of carbonyl (C=O) groups is 1. The molecule has 0 saturated heterocycles. The van der Waals surface area contributed by atoms with E-state index in [0.717, 1.165) is 48.0 Å². The molecule has 162 valence electrons. The van der Waals surface area contributed by atoms with E-state index in [2.05, 4.69) is 10.6 Å². The summed E-state index contributed by atoms with van der Waals surface area (Å²) in [6.07, 6.45) is 3.70. The maximum absolute atomic E-state index is 12.7. The standard InChI is InChI=1S/C24H30N6O/c1-15-7-6-9-19(21(15)25)23(31)26-16-11-13-17(14-12-16)27-24-28-20-10-5-4-8-18(20)22(29-24)30(2)3/h4-10,16-17H,11-14,25H2,1-3H3,(H,26,31)(H,27,28,29). The van der Waals surface area contributed by atoms with Crippen molar-refractivity contribution in [3.05, 3.63) is 53.6 Å². The first-order valence-corrected chi connectivity index (χ1v) is 10.8. The Morgan fingerprint density at radius 2 is 1.71 bits per heavy atom. The Balaban J connectivity index is 1.38. The van der Waals surface area contributed by atoms with Crippen LogP contribution in [-0.4, -0.2) is 42.1 Å². The SMILES string of the molecule is Cc1cccc(C(=O)NC2CCC(Nc3nc(N(C)C)c4ccccc4n3)CC2)c1N. The van der Waals surface area contributed by atoms with Crippen molar-refractivity contribution in [2.24, 2.45) is 0 Å². The molecule has 1 heterocycles. The number of hydrogen-bond donors (Lipinski definition) is 3. The molecule has 1 fully saturated rings. The lowest BCUT2D eigenvalue weighted by Crippen LogP contribution is -2.40.